The molecular formula is C11H20N4O. The van der Waals surface area contributed by atoms with Crippen LogP contribution in [0.3, 0.4) is 0 Å². The summed E-state index contributed by atoms with van der Waals surface area (Å²) in [5.74, 6) is 1.81. The first-order chi connectivity index (χ1) is 7.81. The molecule has 1 unspecified atom stereocenters. The van der Waals surface area contributed by atoms with Crippen LogP contribution in [0.5, 0.6) is 0 Å². The summed E-state index contributed by atoms with van der Waals surface area (Å²) in [5, 5.41) is 4.04. The molecule has 0 radical (unpaired) electrons. The summed E-state index contributed by atoms with van der Waals surface area (Å²) in [6.07, 6.45) is 4.47. The highest BCUT2D eigenvalue weighted by Gasteiger charge is 2.20. The van der Waals surface area contributed by atoms with Crippen molar-refractivity contribution in [2.24, 2.45) is 5.73 Å². The SMILES string of the molecule is CC(CCCN)c1nc(N2CCCC2)no1. The Morgan fingerprint density at radius 3 is 2.88 bits per heavy atom. The number of nitrogens with zero attached hydrogens (tertiary/aromatic N) is 3. The fraction of sp³-hybridized carbons (Fsp3) is 0.818. The van der Waals surface area contributed by atoms with Gasteiger partial charge in [-0.15, -0.1) is 0 Å². The van der Waals surface area contributed by atoms with E-state index in [0.717, 1.165) is 44.3 Å². The molecule has 0 bridgehead atoms. The summed E-state index contributed by atoms with van der Waals surface area (Å²) in [6, 6.07) is 0. The molecule has 1 aromatic heterocycles. The fourth-order valence-corrected chi connectivity index (χ4v) is 2.02. The van der Waals surface area contributed by atoms with E-state index in [2.05, 4.69) is 22.0 Å². The van der Waals surface area contributed by atoms with Gasteiger partial charge < -0.3 is 15.2 Å². The lowest BCUT2D eigenvalue weighted by Crippen LogP contribution is -2.18. The minimum atomic E-state index is 0.312. The van der Waals surface area contributed by atoms with Gasteiger partial charge in [-0.2, -0.15) is 4.98 Å². The Morgan fingerprint density at radius 1 is 1.44 bits per heavy atom. The standard InChI is InChI=1S/C11H20N4O/c1-9(5-4-6-12)10-13-11(14-16-10)15-7-2-3-8-15/h9H,2-8,12H2,1H3. The Bertz CT molecular complexity index is 320. The molecule has 0 spiro atoms. The van der Waals surface area contributed by atoms with Gasteiger partial charge in [0, 0.05) is 19.0 Å². The number of hydrogen-bond acceptors (Lipinski definition) is 5. The number of nitrogens with two attached hydrogens (primary N) is 1. The van der Waals surface area contributed by atoms with Gasteiger partial charge in [0.05, 0.1) is 0 Å². The Balaban J connectivity index is 1.95. The van der Waals surface area contributed by atoms with E-state index in [4.69, 9.17) is 10.3 Å². The second-order valence-corrected chi connectivity index (χ2v) is 4.46. The van der Waals surface area contributed by atoms with E-state index in [9.17, 15) is 0 Å². The first kappa shape index (κ1) is 11.4. The lowest BCUT2D eigenvalue weighted by atomic mass is 10.1. The van der Waals surface area contributed by atoms with Crippen molar-refractivity contribution in [1.82, 2.24) is 10.1 Å². The smallest absolute Gasteiger partial charge is 0.266 e. The third-order valence-electron chi connectivity index (χ3n) is 3.08. The highest BCUT2D eigenvalue weighted by molar-refractivity contribution is 5.29. The van der Waals surface area contributed by atoms with Gasteiger partial charge in [0.25, 0.3) is 5.95 Å². The first-order valence-corrected chi connectivity index (χ1v) is 6.10. The molecule has 2 N–H and O–H groups in total. The molecule has 1 aliphatic rings. The Hall–Kier alpha value is -1.10. The average Bonchev–Trinajstić information content (AvgIpc) is 2.94. The maximum absolute atomic E-state index is 5.48. The Kier molecular flexibility index (Phi) is 3.77. The molecule has 5 heteroatoms. The summed E-state index contributed by atoms with van der Waals surface area (Å²) < 4.78 is 5.29. The van der Waals surface area contributed by atoms with Gasteiger partial charge in [-0.3, -0.25) is 0 Å². The molecular weight excluding hydrogens is 204 g/mol. The van der Waals surface area contributed by atoms with Crippen LogP contribution in [0.2, 0.25) is 0 Å². The minimum absolute atomic E-state index is 0.312. The highest BCUT2D eigenvalue weighted by atomic mass is 16.5. The molecule has 0 aliphatic carbocycles. The highest BCUT2D eigenvalue weighted by Crippen LogP contribution is 2.22. The topological polar surface area (TPSA) is 68.2 Å². The summed E-state index contributed by atoms with van der Waals surface area (Å²) in [6.45, 7) is 4.93. The quantitative estimate of drug-likeness (QED) is 0.821. The number of hydrogen-bond donors (Lipinski definition) is 1. The maximum atomic E-state index is 5.48. The fourth-order valence-electron chi connectivity index (χ4n) is 2.02. The molecule has 16 heavy (non-hydrogen) atoms. The van der Waals surface area contributed by atoms with Crippen molar-refractivity contribution in [2.45, 2.75) is 38.5 Å². The monoisotopic (exact) mass is 224 g/mol. The lowest BCUT2D eigenvalue weighted by Gasteiger charge is -2.10. The van der Waals surface area contributed by atoms with Crippen molar-refractivity contribution in [3.05, 3.63) is 5.89 Å². The van der Waals surface area contributed by atoms with Crippen LogP contribution in [0.15, 0.2) is 4.52 Å². The second-order valence-electron chi connectivity index (χ2n) is 4.46. The van der Waals surface area contributed by atoms with Crippen LogP contribution < -0.4 is 10.6 Å². The zero-order valence-corrected chi connectivity index (χ0v) is 9.85. The molecule has 1 atom stereocenters. The van der Waals surface area contributed by atoms with Gasteiger partial charge in [-0.1, -0.05) is 6.92 Å². The van der Waals surface area contributed by atoms with E-state index in [1.54, 1.807) is 0 Å². The molecule has 2 rings (SSSR count). The maximum Gasteiger partial charge on any atom is 0.266 e. The summed E-state index contributed by atoms with van der Waals surface area (Å²) in [5.41, 5.74) is 5.48. The molecule has 1 aliphatic heterocycles. The van der Waals surface area contributed by atoms with Crippen molar-refractivity contribution in [3.63, 3.8) is 0 Å². The van der Waals surface area contributed by atoms with Gasteiger partial charge >= 0.3 is 0 Å². The van der Waals surface area contributed by atoms with Crippen LogP contribution >= 0.6 is 0 Å². The molecule has 90 valence electrons. The first-order valence-electron chi connectivity index (χ1n) is 6.10. The van der Waals surface area contributed by atoms with Crippen molar-refractivity contribution < 1.29 is 4.52 Å². The van der Waals surface area contributed by atoms with E-state index in [1.165, 1.54) is 12.8 Å². The van der Waals surface area contributed by atoms with E-state index in [-0.39, 0.29) is 0 Å². The number of anilines is 1. The third-order valence-corrected chi connectivity index (χ3v) is 3.08. The molecule has 1 fully saturated rings. The largest absolute Gasteiger partial charge is 0.338 e. The van der Waals surface area contributed by atoms with Crippen LogP contribution in [0.4, 0.5) is 5.95 Å². The normalized spacial score (nSPS) is 18.0. The third kappa shape index (κ3) is 2.52. The average molecular weight is 224 g/mol. The van der Waals surface area contributed by atoms with E-state index < -0.39 is 0 Å². The van der Waals surface area contributed by atoms with Crippen LogP contribution in [0.1, 0.15) is 44.4 Å². The van der Waals surface area contributed by atoms with Gasteiger partial charge in [0.1, 0.15) is 0 Å². The zero-order chi connectivity index (χ0) is 11.4. The van der Waals surface area contributed by atoms with E-state index in [1.807, 2.05) is 0 Å². The molecule has 0 amide bonds. The van der Waals surface area contributed by atoms with Crippen molar-refractivity contribution >= 4 is 5.95 Å². The molecule has 0 saturated carbocycles. The minimum Gasteiger partial charge on any atom is -0.338 e. The second kappa shape index (κ2) is 5.30. The summed E-state index contributed by atoms with van der Waals surface area (Å²) in [4.78, 5) is 6.64. The zero-order valence-electron chi connectivity index (χ0n) is 9.85. The molecule has 1 aromatic rings. The number of rotatable bonds is 5. The van der Waals surface area contributed by atoms with Gasteiger partial charge in [0.2, 0.25) is 5.89 Å². The van der Waals surface area contributed by atoms with Gasteiger partial charge in [0.15, 0.2) is 0 Å². The molecule has 5 nitrogen and oxygen atoms in total. The van der Waals surface area contributed by atoms with Crippen molar-refractivity contribution in [1.29, 1.82) is 0 Å². The van der Waals surface area contributed by atoms with Gasteiger partial charge in [-0.25, -0.2) is 0 Å². The summed E-state index contributed by atoms with van der Waals surface area (Å²) in [7, 11) is 0. The van der Waals surface area contributed by atoms with Gasteiger partial charge in [-0.05, 0) is 37.4 Å². The van der Waals surface area contributed by atoms with E-state index >= 15 is 0 Å². The van der Waals surface area contributed by atoms with Crippen molar-refractivity contribution in [3.8, 4) is 0 Å². The van der Waals surface area contributed by atoms with Crippen LogP contribution in [-0.4, -0.2) is 29.8 Å². The van der Waals surface area contributed by atoms with Crippen molar-refractivity contribution in [2.75, 3.05) is 24.5 Å². The lowest BCUT2D eigenvalue weighted by molar-refractivity contribution is 0.351. The molecule has 0 aromatic carbocycles. The van der Waals surface area contributed by atoms with E-state index in [0.29, 0.717) is 5.92 Å². The molecule has 1 saturated heterocycles. The number of aromatic nitrogens is 2. The van der Waals surface area contributed by atoms with Crippen LogP contribution in [0, 0.1) is 0 Å². The molecule has 2 heterocycles. The Morgan fingerprint density at radius 2 is 2.19 bits per heavy atom. The summed E-state index contributed by atoms with van der Waals surface area (Å²) >= 11 is 0. The predicted molar refractivity (Wildman–Crippen MR) is 62.4 cm³/mol. The van der Waals surface area contributed by atoms with Crippen LogP contribution in [0.25, 0.3) is 0 Å². The Labute approximate surface area is 96.0 Å². The predicted octanol–water partition coefficient (Wildman–Crippen LogP) is 1.51. The van der Waals surface area contributed by atoms with Crippen LogP contribution in [-0.2, 0) is 0 Å².